The molecule has 2 atom stereocenters. The molecular weight excluding hydrogens is 377 g/mol. The maximum atomic E-state index is 3.79. The molecule has 0 radical (unpaired) electrons. The minimum atomic E-state index is 0.208. The van der Waals surface area contributed by atoms with Gasteiger partial charge in [-0.1, -0.05) is 48.5 Å². The maximum Gasteiger partial charge on any atom is 0.0384 e. The number of aryl methyl sites for hydroxylation is 2. The van der Waals surface area contributed by atoms with E-state index in [2.05, 4.69) is 81.3 Å². The van der Waals surface area contributed by atoms with Crippen molar-refractivity contribution in [2.45, 2.75) is 36.0 Å². The van der Waals surface area contributed by atoms with Gasteiger partial charge in [-0.3, -0.25) is 0 Å². The van der Waals surface area contributed by atoms with Gasteiger partial charge in [0.25, 0.3) is 0 Å². The van der Waals surface area contributed by atoms with Crippen LogP contribution in [0.3, 0.4) is 0 Å². The molecule has 0 aliphatic heterocycles. The van der Waals surface area contributed by atoms with E-state index in [1.165, 1.54) is 41.6 Å². The monoisotopic (exact) mass is 403 g/mol. The van der Waals surface area contributed by atoms with Crippen LogP contribution < -0.4 is 10.6 Å². The van der Waals surface area contributed by atoms with Crippen molar-refractivity contribution < 1.29 is 0 Å². The Morgan fingerprint density at radius 1 is 0.821 bits per heavy atom. The number of anilines is 1. The van der Waals surface area contributed by atoms with Crippen LogP contribution in [-0.4, -0.2) is 12.3 Å². The fourth-order valence-corrected chi connectivity index (χ4v) is 6.61. The molecule has 2 aliphatic carbocycles. The Hall–Kier alpha value is -1.76. The standard InChI is InChI=1S/C25H26NPS/c27-22-11-5-7-19-13-15-25(24(19)22)14-12-18-6-4-10-21(23(18)25)26-16-17-28-20-8-2-1-3-9-20/h1-11,26H,12-17,27H2/t25-/m1/s1. The van der Waals surface area contributed by atoms with Crippen molar-refractivity contribution in [3.05, 3.63) is 89.0 Å². The summed E-state index contributed by atoms with van der Waals surface area (Å²) in [6.45, 7) is 0.988. The fraction of sp³-hybridized carbons (Fsp3) is 0.280. The second-order valence-corrected chi connectivity index (χ2v) is 9.68. The number of hydrogen-bond donors (Lipinski definition) is 1. The van der Waals surface area contributed by atoms with E-state index in [0.717, 1.165) is 12.3 Å². The van der Waals surface area contributed by atoms with Crippen LogP contribution in [0, 0.1) is 0 Å². The molecule has 142 valence electrons. The molecule has 0 bridgehead atoms. The minimum absolute atomic E-state index is 0.208. The smallest absolute Gasteiger partial charge is 0.0384 e. The predicted molar refractivity (Wildman–Crippen MR) is 125 cm³/mol. The Kier molecular flexibility index (Phi) is 4.95. The van der Waals surface area contributed by atoms with E-state index in [4.69, 9.17) is 0 Å². The predicted octanol–water partition coefficient (Wildman–Crippen LogP) is 5.57. The van der Waals surface area contributed by atoms with E-state index < -0.39 is 0 Å². The zero-order valence-corrected chi connectivity index (χ0v) is 18.1. The summed E-state index contributed by atoms with van der Waals surface area (Å²) in [5, 5.41) is 5.18. The van der Waals surface area contributed by atoms with Crippen molar-refractivity contribution in [3.63, 3.8) is 0 Å². The molecule has 5 rings (SSSR count). The average molecular weight is 404 g/mol. The summed E-state index contributed by atoms with van der Waals surface area (Å²) in [5.74, 6) is 1.08. The lowest BCUT2D eigenvalue weighted by Crippen LogP contribution is -2.27. The van der Waals surface area contributed by atoms with Crippen LogP contribution in [0.15, 0.2) is 71.6 Å². The van der Waals surface area contributed by atoms with Crippen LogP contribution in [0.2, 0.25) is 0 Å². The Morgan fingerprint density at radius 2 is 1.54 bits per heavy atom. The number of benzene rings is 3. The van der Waals surface area contributed by atoms with Crippen LogP contribution in [-0.2, 0) is 18.3 Å². The van der Waals surface area contributed by atoms with Gasteiger partial charge in [-0.05, 0) is 71.4 Å². The number of thioether (sulfide) groups is 1. The number of rotatable bonds is 5. The quantitative estimate of drug-likeness (QED) is 0.340. The summed E-state index contributed by atoms with van der Waals surface area (Å²) in [5.41, 5.74) is 7.82. The first-order chi connectivity index (χ1) is 13.8. The molecule has 0 saturated carbocycles. The lowest BCUT2D eigenvalue weighted by molar-refractivity contribution is 0.510. The second-order valence-electron chi connectivity index (χ2n) is 7.89. The van der Waals surface area contributed by atoms with E-state index >= 15 is 0 Å². The summed E-state index contributed by atoms with van der Waals surface area (Å²) in [6.07, 6.45) is 4.90. The Balaban J connectivity index is 1.41. The summed E-state index contributed by atoms with van der Waals surface area (Å²) in [4.78, 5) is 1.34. The van der Waals surface area contributed by atoms with Crippen molar-refractivity contribution in [1.29, 1.82) is 0 Å². The molecule has 3 heteroatoms. The normalized spacial score (nSPS) is 19.6. The molecule has 0 amide bonds. The molecule has 1 nitrogen and oxygen atoms in total. The zero-order chi connectivity index (χ0) is 19.0. The molecule has 1 N–H and O–H groups in total. The Morgan fingerprint density at radius 3 is 2.32 bits per heavy atom. The molecular formula is C25H26NPS. The van der Waals surface area contributed by atoms with Gasteiger partial charge < -0.3 is 5.32 Å². The van der Waals surface area contributed by atoms with Crippen molar-refractivity contribution in [3.8, 4) is 0 Å². The van der Waals surface area contributed by atoms with Crippen molar-refractivity contribution in [2.75, 3.05) is 17.6 Å². The van der Waals surface area contributed by atoms with Gasteiger partial charge in [0.05, 0.1) is 0 Å². The SMILES string of the molecule is Pc1cccc2c1[C@@]1(CC2)CCc2cccc(NCCSc3ccccc3)c21. The summed E-state index contributed by atoms with van der Waals surface area (Å²) >= 11 is 1.92. The molecule has 0 fully saturated rings. The van der Waals surface area contributed by atoms with Gasteiger partial charge in [0.15, 0.2) is 0 Å². The summed E-state index contributed by atoms with van der Waals surface area (Å²) in [7, 11) is 3.00. The molecule has 1 unspecified atom stereocenters. The molecule has 0 aromatic heterocycles. The second kappa shape index (κ2) is 7.58. The fourth-order valence-electron chi connectivity index (χ4n) is 5.25. The summed E-state index contributed by atoms with van der Waals surface area (Å²) < 4.78 is 0. The third-order valence-corrected chi connectivity index (χ3v) is 7.86. The van der Waals surface area contributed by atoms with E-state index in [9.17, 15) is 0 Å². The lowest BCUT2D eigenvalue weighted by Gasteiger charge is -2.30. The number of fused-ring (bicyclic) bond motifs is 4. The van der Waals surface area contributed by atoms with Gasteiger partial charge in [0.2, 0.25) is 0 Å². The highest BCUT2D eigenvalue weighted by Gasteiger charge is 2.46. The first kappa shape index (κ1) is 18.3. The highest BCUT2D eigenvalue weighted by atomic mass is 32.2. The van der Waals surface area contributed by atoms with Crippen molar-refractivity contribution in [2.24, 2.45) is 0 Å². The van der Waals surface area contributed by atoms with Crippen LogP contribution in [0.5, 0.6) is 0 Å². The molecule has 28 heavy (non-hydrogen) atoms. The molecule has 3 aromatic carbocycles. The first-order valence-electron chi connectivity index (χ1n) is 10.2. The topological polar surface area (TPSA) is 12.0 Å². The van der Waals surface area contributed by atoms with Gasteiger partial charge in [0, 0.05) is 28.3 Å². The van der Waals surface area contributed by atoms with Gasteiger partial charge in [-0.2, -0.15) is 0 Å². The van der Waals surface area contributed by atoms with Crippen LogP contribution in [0.4, 0.5) is 5.69 Å². The third-order valence-electron chi connectivity index (χ3n) is 6.36. The maximum absolute atomic E-state index is 3.79. The lowest BCUT2D eigenvalue weighted by atomic mass is 9.76. The van der Waals surface area contributed by atoms with E-state index in [1.807, 2.05) is 11.8 Å². The van der Waals surface area contributed by atoms with E-state index in [1.54, 1.807) is 22.3 Å². The van der Waals surface area contributed by atoms with Gasteiger partial charge in [0.1, 0.15) is 0 Å². The van der Waals surface area contributed by atoms with Gasteiger partial charge in [-0.25, -0.2) is 0 Å². The average Bonchev–Trinajstić information content (AvgIpc) is 3.30. The highest BCUT2D eigenvalue weighted by Crippen LogP contribution is 2.54. The Bertz CT molecular complexity index is 997. The first-order valence-corrected chi connectivity index (χ1v) is 11.8. The zero-order valence-electron chi connectivity index (χ0n) is 16.1. The van der Waals surface area contributed by atoms with Crippen LogP contribution in [0.25, 0.3) is 0 Å². The van der Waals surface area contributed by atoms with Gasteiger partial charge >= 0.3 is 0 Å². The summed E-state index contributed by atoms with van der Waals surface area (Å²) in [6, 6.07) is 24.4. The molecule has 3 aromatic rings. The Labute approximate surface area is 174 Å². The van der Waals surface area contributed by atoms with Crippen molar-refractivity contribution >= 4 is 32.0 Å². The minimum Gasteiger partial charge on any atom is -0.384 e. The highest BCUT2D eigenvalue weighted by molar-refractivity contribution is 7.99. The van der Waals surface area contributed by atoms with E-state index in [0.29, 0.717) is 0 Å². The van der Waals surface area contributed by atoms with Crippen LogP contribution >= 0.6 is 21.0 Å². The largest absolute Gasteiger partial charge is 0.384 e. The van der Waals surface area contributed by atoms with Crippen LogP contribution in [0.1, 0.15) is 35.1 Å². The number of nitrogens with one attached hydrogen (secondary N) is 1. The number of hydrogen-bond acceptors (Lipinski definition) is 2. The molecule has 0 saturated heterocycles. The van der Waals surface area contributed by atoms with Gasteiger partial charge in [-0.15, -0.1) is 21.0 Å². The molecule has 0 heterocycles. The third kappa shape index (κ3) is 3.08. The van der Waals surface area contributed by atoms with Crippen molar-refractivity contribution in [1.82, 2.24) is 0 Å². The molecule has 1 spiro atoms. The van der Waals surface area contributed by atoms with E-state index in [-0.39, 0.29) is 5.41 Å². The molecule has 2 aliphatic rings.